The second-order valence-corrected chi connectivity index (χ2v) is 4.57. The van der Waals surface area contributed by atoms with Gasteiger partial charge >= 0.3 is 0 Å². The van der Waals surface area contributed by atoms with Gasteiger partial charge in [-0.15, -0.1) is 0 Å². The topological polar surface area (TPSA) is 49.8 Å². The highest BCUT2D eigenvalue weighted by atomic mass is 14.8. The minimum atomic E-state index is -0.556. The third kappa shape index (κ3) is 2.37. The molecule has 2 unspecified atom stereocenters. The minimum absolute atomic E-state index is 0.556. The fourth-order valence-electron chi connectivity index (χ4n) is 2.40. The number of nitriles is 1. The molecule has 1 aromatic rings. The van der Waals surface area contributed by atoms with Gasteiger partial charge in [0.2, 0.25) is 0 Å². The highest BCUT2D eigenvalue weighted by molar-refractivity contribution is 5.17. The number of hydrogen-bond donors (Lipinski definition) is 1. The SMILES string of the molecule is N#CC1(N)CCC(Cc2ccccc2)C1. The van der Waals surface area contributed by atoms with Gasteiger partial charge in [0.05, 0.1) is 6.07 Å². The Hall–Kier alpha value is -1.33. The van der Waals surface area contributed by atoms with E-state index < -0.39 is 5.54 Å². The van der Waals surface area contributed by atoms with E-state index in [-0.39, 0.29) is 0 Å². The highest BCUT2D eigenvalue weighted by Crippen LogP contribution is 2.34. The predicted octanol–water partition coefficient (Wildman–Crippen LogP) is 2.25. The molecule has 78 valence electrons. The molecule has 15 heavy (non-hydrogen) atoms. The first kappa shape index (κ1) is 10.2. The van der Waals surface area contributed by atoms with Crippen molar-refractivity contribution in [3.63, 3.8) is 0 Å². The summed E-state index contributed by atoms with van der Waals surface area (Å²) in [5, 5.41) is 8.93. The van der Waals surface area contributed by atoms with E-state index >= 15 is 0 Å². The molecule has 2 N–H and O–H groups in total. The maximum absolute atomic E-state index is 8.93. The molecule has 0 bridgehead atoms. The molecule has 1 aliphatic carbocycles. The molecule has 1 fully saturated rings. The Balaban J connectivity index is 1.97. The minimum Gasteiger partial charge on any atom is -0.313 e. The highest BCUT2D eigenvalue weighted by Gasteiger charge is 2.35. The Morgan fingerprint density at radius 3 is 2.73 bits per heavy atom. The number of benzene rings is 1. The van der Waals surface area contributed by atoms with Crippen molar-refractivity contribution in [3.05, 3.63) is 35.9 Å². The maximum atomic E-state index is 8.93. The molecule has 0 spiro atoms. The first-order valence-corrected chi connectivity index (χ1v) is 5.46. The maximum Gasteiger partial charge on any atom is 0.104 e. The fourth-order valence-corrected chi connectivity index (χ4v) is 2.40. The van der Waals surface area contributed by atoms with E-state index in [1.807, 2.05) is 6.07 Å². The molecule has 2 heteroatoms. The zero-order chi connectivity index (χ0) is 10.7. The van der Waals surface area contributed by atoms with Crippen LogP contribution < -0.4 is 5.73 Å². The van der Waals surface area contributed by atoms with Crippen LogP contribution in [-0.4, -0.2) is 5.54 Å². The lowest BCUT2D eigenvalue weighted by Crippen LogP contribution is -2.34. The monoisotopic (exact) mass is 200 g/mol. The number of rotatable bonds is 2. The zero-order valence-electron chi connectivity index (χ0n) is 8.82. The van der Waals surface area contributed by atoms with E-state index in [9.17, 15) is 0 Å². The van der Waals surface area contributed by atoms with Gasteiger partial charge in [-0.25, -0.2) is 0 Å². The van der Waals surface area contributed by atoms with Crippen molar-refractivity contribution < 1.29 is 0 Å². The van der Waals surface area contributed by atoms with Crippen molar-refractivity contribution in [1.29, 1.82) is 5.26 Å². The van der Waals surface area contributed by atoms with Crippen LogP contribution in [0.2, 0.25) is 0 Å². The van der Waals surface area contributed by atoms with E-state index in [1.165, 1.54) is 5.56 Å². The second kappa shape index (κ2) is 4.04. The first-order valence-electron chi connectivity index (χ1n) is 5.46. The molecule has 2 atom stereocenters. The molecule has 0 aromatic heterocycles. The van der Waals surface area contributed by atoms with Crippen LogP contribution in [-0.2, 0) is 6.42 Å². The Morgan fingerprint density at radius 1 is 1.40 bits per heavy atom. The van der Waals surface area contributed by atoms with E-state index in [2.05, 4.69) is 30.3 Å². The summed E-state index contributed by atoms with van der Waals surface area (Å²) in [5.74, 6) is 0.581. The van der Waals surface area contributed by atoms with Crippen LogP contribution in [0.5, 0.6) is 0 Å². The van der Waals surface area contributed by atoms with Crippen LogP contribution in [0.25, 0.3) is 0 Å². The van der Waals surface area contributed by atoms with E-state index in [0.717, 1.165) is 25.7 Å². The van der Waals surface area contributed by atoms with Gasteiger partial charge in [-0.3, -0.25) is 0 Å². The standard InChI is InChI=1S/C13H16N2/c14-10-13(15)7-6-12(9-13)8-11-4-2-1-3-5-11/h1-5,12H,6-9,15H2. The van der Waals surface area contributed by atoms with Gasteiger partial charge in [-0.2, -0.15) is 5.26 Å². The molecule has 1 aromatic carbocycles. The summed E-state index contributed by atoms with van der Waals surface area (Å²) in [6.45, 7) is 0. The van der Waals surface area contributed by atoms with Crippen molar-refractivity contribution >= 4 is 0 Å². The molecular weight excluding hydrogens is 184 g/mol. The summed E-state index contributed by atoms with van der Waals surface area (Å²) in [7, 11) is 0. The molecule has 0 radical (unpaired) electrons. The molecule has 1 saturated carbocycles. The Kier molecular flexibility index (Phi) is 2.75. The van der Waals surface area contributed by atoms with Crippen LogP contribution in [0.1, 0.15) is 24.8 Å². The largest absolute Gasteiger partial charge is 0.313 e. The van der Waals surface area contributed by atoms with Crippen molar-refractivity contribution in [1.82, 2.24) is 0 Å². The molecule has 0 saturated heterocycles. The molecule has 0 heterocycles. The second-order valence-electron chi connectivity index (χ2n) is 4.57. The van der Waals surface area contributed by atoms with Crippen molar-refractivity contribution in [2.24, 2.45) is 11.7 Å². The van der Waals surface area contributed by atoms with E-state index in [0.29, 0.717) is 5.92 Å². The smallest absolute Gasteiger partial charge is 0.104 e. The summed E-state index contributed by atoms with van der Waals surface area (Å²) in [4.78, 5) is 0. The summed E-state index contributed by atoms with van der Waals surface area (Å²) in [6.07, 6.45) is 3.83. The fraction of sp³-hybridized carbons (Fsp3) is 0.462. The molecule has 2 nitrogen and oxygen atoms in total. The molecule has 0 aliphatic heterocycles. The molecule has 1 aliphatic rings. The third-order valence-corrected chi connectivity index (χ3v) is 3.24. The third-order valence-electron chi connectivity index (χ3n) is 3.24. The van der Waals surface area contributed by atoms with Crippen LogP contribution in [0.3, 0.4) is 0 Å². The summed E-state index contributed by atoms with van der Waals surface area (Å²) >= 11 is 0. The van der Waals surface area contributed by atoms with Gasteiger partial charge in [0.15, 0.2) is 0 Å². The number of hydrogen-bond acceptors (Lipinski definition) is 2. The van der Waals surface area contributed by atoms with Crippen LogP contribution in [0, 0.1) is 17.2 Å². The van der Waals surface area contributed by atoms with Crippen molar-refractivity contribution in [2.45, 2.75) is 31.2 Å². The Morgan fingerprint density at radius 2 is 2.13 bits per heavy atom. The Labute approximate surface area is 90.7 Å². The average molecular weight is 200 g/mol. The first-order chi connectivity index (χ1) is 7.22. The van der Waals surface area contributed by atoms with Crippen molar-refractivity contribution in [3.8, 4) is 6.07 Å². The van der Waals surface area contributed by atoms with Crippen LogP contribution in [0.4, 0.5) is 0 Å². The zero-order valence-corrected chi connectivity index (χ0v) is 8.82. The lowest BCUT2D eigenvalue weighted by molar-refractivity contribution is 0.496. The molecule has 2 rings (SSSR count). The van der Waals surface area contributed by atoms with Crippen molar-refractivity contribution in [2.75, 3.05) is 0 Å². The van der Waals surface area contributed by atoms with Gasteiger partial charge in [0.1, 0.15) is 5.54 Å². The number of nitrogens with two attached hydrogens (primary N) is 1. The van der Waals surface area contributed by atoms with Gasteiger partial charge in [0.25, 0.3) is 0 Å². The molecular formula is C13H16N2. The number of nitrogens with zero attached hydrogens (tertiary/aromatic N) is 1. The van der Waals surface area contributed by atoms with Crippen LogP contribution in [0.15, 0.2) is 30.3 Å². The van der Waals surface area contributed by atoms with Gasteiger partial charge in [0, 0.05) is 0 Å². The van der Waals surface area contributed by atoms with Gasteiger partial charge in [-0.1, -0.05) is 30.3 Å². The van der Waals surface area contributed by atoms with E-state index in [4.69, 9.17) is 11.0 Å². The summed E-state index contributed by atoms with van der Waals surface area (Å²) in [6, 6.07) is 12.7. The Bertz CT molecular complexity index is 366. The predicted molar refractivity (Wildman–Crippen MR) is 60.0 cm³/mol. The van der Waals surface area contributed by atoms with Crippen LogP contribution >= 0.6 is 0 Å². The van der Waals surface area contributed by atoms with E-state index in [1.54, 1.807) is 0 Å². The van der Waals surface area contributed by atoms with Gasteiger partial charge in [-0.05, 0) is 37.2 Å². The normalized spacial score (nSPS) is 30.0. The lowest BCUT2D eigenvalue weighted by Gasteiger charge is -2.14. The quantitative estimate of drug-likeness (QED) is 0.796. The summed E-state index contributed by atoms with van der Waals surface area (Å²) in [5.41, 5.74) is 6.74. The summed E-state index contributed by atoms with van der Waals surface area (Å²) < 4.78 is 0. The lowest BCUT2D eigenvalue weighted by atomic mass is 9.94. The average Bonchev–Trinajstić information content (AvgIpc) is 2.63. The molecule has 0 amide bonds. The van der Waals surface area contributed by atoms with Gasteiger partial charge < -0.3 is 5.73 Å².